The lowest BCUT2D eigenvalue weighted by Crippen LogP contribution is -2.07. The SMILES string of the molecule is C=NC(=N/C(=N\Cn1c2ccccc2c2ccc3c(nc4c5ccccc5c5ccccc5n34)c21)c1ccc(OC)cc1)c1ccc(OC)cc1. The zero-order valence-corrected chi connectivity index (χ0v) is 28.1. The van der Waals surface area contributed by atoms with Gasteiger partial charge in [0.2, 0.25) is 0 Å². The summed E-state index contributed by atoms with van der Waals surface area (Å²) in [6, 6.07) is 45.2. The summed E-state index contributed by atoms with van der Waals surface area (Å²) in [7, 11) is 3.29. The van der Waals surface area contributed by atoms with E-state index in [0.717, 1.165) is 72.0 Å². The highest BCUT2D eigenvalue weighted by atomic mass is 16.5. The van der Waals surface area contributed by atoms with Gasteiger partial charge in [-0.1, -0.05) is 60.7 Å². The summed E-state index contributed by atoms with van der Waals surface area (Å²) in [4.78, 5) is 19.9. The molecule has 8 heteroatoms. The molecule has 9 aromatic rings. The minimum atomic E-state index is 0.288. The lowest BCUT2D eigenvalue weighted by molar-refractivity contribution is 0.414. The second kappa shape index (κ2) is 12.3. The van der Waals surface area contributed by atoms with Gasteiger partial charge in [-0.05, 0) is 84.9 Å². The second-order valence-electron chi connectivity index (χ2n) is 12.3. The van der Waals surface area contributed by atoms with Crippen molar-refractivity contribution in [2.24, 2.45) is 15.0 Å². The van der Waals surface area contributed by atoms with Crippen LogP contribution in [0.15, 0.2) is 148 Å². The van der Waals surface area contributed by atoms with E-state index < -0.39 is 0 Å². The number of para-hydroxylation sites is 2. The predicted octanol–water partition coefficient (Wildman–Crippen LogP) is 9.47. The van der Waals surface area contributed by atoms with Crippen LogP contribution < -0.4 is 9.47 Å². The minimum Gasteiger partial charge on any atom is -0.497 e. The predicted molar refractivity (Wildman–Crippen MR) is 209 cm³/mol. The summed E-state index contributed by atoms with van der Waals surface area (Å²) in [6.07, 6.45) is 0. The first kappa shape index (κ1) is 30.3. The molecule has 0 amide bonds. The first-order valence-electron chi connectivity index (χ1n) is 16.7. The van der Waals surface area contributed by atoms with Crippen molar-refractivity contribution < 1.29 is 9.47 Å². The van der Waals surface area contributed by atoms with Gasteiger partial charge in [0.05, 0.1) is 36.3 Å². The molecule has 0 saturated carbocycles. The summed E-state index contributed by atoms with van der Waals surface area (Å²) >= 11 is 0. The first-order valence-corrected chi connectivity index (χ1v) is 16.7. The lowest BCUT2D eigenvalue weighted by Gasteiger charge is -2.09. The number of pyridine rings is 1. The third-order valence-electron chi connectivity index (χ3n) is 9.58. The molecule has 0 N–H and O–H groups in total. The topological polar surface area (TPSA) is 77.8 Å². The molecule has 0 saturated heterocycles. The van der Waals surface area contributed by atoms with Crippen molar-refractivity contribution in [1.29, 1.82) is 0 Å². The Morgan fingerprint density at radius 1 is 0.588 bits per heavy atom. The van der Waals surface area contributed by atoms with Crippen molar-refractivity contribution in [2.45, 2.75) is 6.67 Å². The van der Waals surface area contributed by atoms with E-state index in [1.54, 1.807) is 14.2 Å². The molecule has 8 nitrogen and oxygen atoms in total. The Kier molecular flexibility index (Phi) is 7.28. The van der Waals surface area contributed by atoms with Gasteiger partial charge in [0, 0.05) is 32.7 Å². The van der Waals surface area contributed by atoms with Crippen molar-refractivity contribution in [3.63, 3.8) is 0 Å². The highest BCUT2D eigenvalue weighted by Gasteiger charge is 2.20. The molecule has 6 aromatic carbocycles. The number of hydrogen-bond donors (Lipinski definition) is 0. The van der Waals surface area contributed by atoms with E-state index in [-0.39, 0.29) is 6.67 Å². The quantitative estimate of drug-likeness (QED) is 0.101. The van der Waals surface area contributed by atoms with Gasteiger partial charge in [-0.25, -0.2) is 20.0 Å². The highest BCUT2D eigenvalue weighted by molar-refractivity contribution is 6.20. The van der Waals surface area contributed by atoms with Gasteiger partial charge in [-0.15, -0.1) is 0 Å². The first-order chi connectivity index (χ1) is 25.2. The molecule has 0 aliphatic rings. The van der Waals surface area contributed by atoms with Crippen LogP contribution >= 0.6 is 0 Å². The maximum absolute atomic E-state index is 5.45. The molecular weight excluding hydrogens is 633 g/mol. The fourth-order valence-corrected chi connectivity index (χ4v) is 7.16. The normalized spacial score (nSPS) is 12.5. The molecule has 0 aliphatic heterocycles. The van der Waals surface area contributed by atoms with Crippen LogP contribution in [0.1, 0.15) is 11.1 Å². The molecule has 3 heterocycles. The third kappa shape index (κ3) is 4.91. The Hall–Kier alpha value is -6.80. The molecule has 0 bridgehead atoms. The number of nitrogens with zero attached hydrogens (tertiary/aromatic N) is 6. The number of aromatic nitrogens is 3. The molecule has 51 heavy (non-hydrogen) atoms. The molecule has 0 spiro atoms. The molecule has 0 unspecified atom stereocenters. The standard InChI is InChI=1S/C43H32N6O2/c1-44-41(27-16-20-29(50-2)21-17-27)47-42(28-18-22-30(51-3)23-19-28)45-26-48-36-14-8-6-12-33(36)34-24-25-38-39(40(34)48)46-43-35-13-5-4-10-31(35)32-11-7-9-15-37(32)49(38)43/h4-25H,1,26H2,2-3H3/b45-42-,47-41?. The Balaban J connectivity index is 1.30. The largest absolute Gasteiger partial charge is 0.497 e. The summed E-state index contributed by atoms with van der Waals surface area (Å²) < 4.78 is 15.4. The van der Waals surface area contributed by atoms with E-state index in [9.17, 15) is 0 Å². The number of ether oxygens (including phenoxy) is 2. The monoisotopic (exact) mass is 664 g/mol. The summed E-state index contributed by atoms with van der Waals surface area (Å²) in [5.41, 5.74) is 7.71. The fourth-order valence-electron chi connectivity index (χ4n) is 7.16. The van der Waals surface area contributed by atoms with Crippen LogP contribution in [-0.2, 0) is 6.67 Å². The van der Waals surface area contributed by atoms with Crippen molar-refractivity contribution in [1.82, 2.24) is 14.0 Å². The average Bonchev–Trinajstić information content (AvgIpc) is 3.75. The number of methoxy groups -OCH3 is 2. The molecule has 9 rings (SSSR count). The molecule has 0 aliphatic carbocycles. The maximum atomic E-state index is 5.45. The van der Waals surface area contributed by atoms with Crippen LogP contribution in [0.4, 0.5) is 0 Å². The number of benzene rings is 6. The maximum Gasteiger partial charge on any atom is 0.161 e. The molecule has 0 radical (unpaired) electrons. The van der Waals surface area contributed by atoms with Crippen molar-refractivity contribution in [3.8, 4) is 11.5 Å². The Labute approximate surface area is 293 Å². The van der Waals surface area contributed by atoms with E-state index in [1.807, 2.05) is 48.5 Å². The van der Waals surface area contributed by atoms with E-state index in [2.05, 4.69) is 106 Å². The summed E-state index contributed by atoms with van der Waals surface area (Å²) in [5, 5.41) is 5.74. The highest BCUT2D eigenvalue weighted by Crippen LogP contribution is 2.38. The third-order valence-corrected chi connectivity index (χ3v) is 9.58. The smallest absolute Gasteiger partial charge is 0.161 e. The molecule has 246 valence electrons. The van der Waals surface area contributed by atoms with Gasteiger partial charge < -0.3 is 14.0 Å². The number of fused-ring (bicyclic) bond motifs is 12. The van der Waals surface area contributed by atoms with Crippen LogP contribution in [0.5, 0.6) is 11.5 Å². The van der Waals surface area contributed by atoms with Crippen LogP contribution in [0.3, 0.4) is 0 Å². The van der Waals surface area contributed by atoms with Gasteiger partial charge in [0.15, 0.2) is 11.7 Å². The van der Waals surface area contributed by atoms with Crippen LogP contribution in [0.25, 0.3) is 60.2 Å². The van der Waals surface area contributed by atoms with E-state index in [4.69, 9.17) is 24.4 Å². The fraction of sp³-hybridized carbons (Fsp3) is 0.0698. The molecular formula is C43H32N6O2. The zero-order chi connectivity index (χ0) is 34.5. The van der Waals surface area contributed by atoms with E-state index in [0.29, 0.717) is 11.7 Å². The Morgan fingerprint density at radius 2 is 1.16 bits per heavy atom. The van der Waals surface area contributed by atoms with Gasteiger partial charge in [-0.2, -0.15) is 0 Å². The van der Waals surface area contributed by atoms with Gasteiger partial charge in [-0.3, -0.25) is 4.40 Å². The van der Waals surface area contributed by atoms with Crippen LogP contribution in [0.2, 0.25) is 0 Å². The van der Waals surface area contributed by atoms with E-state index >= 15 is 0 Å². The van der Waals surface area contributed by atoms with Crippen molar-refractivity contribution in [2.75, 3.05) is 14.2 Å². The van der Waals surface area contributed by atoms with Crippen molar-refractivity contribution in [3.05, 3.63) is 145 Å². The summed E-state index contributed by atoms with van der Waals surface area (Å²) in [5.74, 6) is 2.46. The average molecular weight is 665 g/mol. The molecule has 0 atom stereocenters. The second-order valence-corrected chi connectivity index (χ2v) is 12.3. The number of amidine groups is 2. The summed E-state index contributed by atoms with van der Waals surface area (Å²) in [6.45, 7) is 4.13. The number of rotatable bonds is 6. The van der Waals surface area contributed by atoms with Crippen LogP contribution in [0, 0.1) is 0 Å². The number of hydrogen-bond acceptors (Lipinski definition) is 4. The number of imidazole rings is 1. The van der Waals surface area contributed by atoms with E-state index in [1.165, 1.54) is 10.8 Å². The van der Waals surface area contributed by atoms with Gasteiger partial charge in [0.1, 0.15) is 29.3 Å². The Morgan fingerprint density at radius 3 is 1.80 bits per heavy atom. The molecule has 0 fully saturated rings. The molecule has 3 aromatic heterocycles. The minimum absolute atomic E-state index is 0.288. The van der Waals surface area contributed by atoms with Crippen molar-refractivity contribution >= 4 is 78.6 Å². The van der Waals surface area contributed by atoms with Gasteiger partial charge >= 0.3 is 0 Å². The zero-order valence-electron chi connectivity index (χ0n) is 28.1. The Bertz CT molecular complexity index is 2860. The van der Waals surface area contributed by atoms with Crippen LogP contribution in [-0.4, -0.2) is 46.6 Å². The lowest BCUT2D eigenvalue weighted by atomic mass is 10.1. The number of aliphatic imine (C=N–C) groups is 3. The van der Waals surface area contributed by atoms with Gasteiger partial charge in [0.25, 0.3) is 0 Å².